The molecule has 0 saturated carbocycles. The van der Waals surface area contributed by atoms with Crippen LogP contribution in [0.1, 0.15) is 27.8 Å². The summed E-state index contributed by atoms with van der Waals surface area (Å²) in [5.74, 6) is -1.13. The van der Waals surface area contributed by atoms with Crippen molar-refractivity contribution in [2.45, 2.75) is 6.92 Å². The Labute approximate surface area is 137 Å². The molecule has 0 atom stereocenters. The van der Waals surface area contributed by atoms with E-state index in [4.69, 9.17) is 4.42 Å². The van der Waals surface area contributed by atoms with E-state index in [9.17, 15) is 14.0 Å². The first kappa shape index (κ1) is 15.6. The summed E-state index contributed by atoms with van der Waals surface area (Å²) < 4.78 is 19.1. The second kappa shape index (κ2) is 6.45. The van der Waals surface area contributed by atoms with E-state index in [1.165, 1.54) is 19.1 Å². The van der Waals surface area contributed by atoms with Crippen LogP contribution in [0.2, 0.25) is 0 Å². The maximum absolute atomic E-state index is 13.9. The highest BCUT2D eigenvalue weighted by molar-refractivity contribution is 6.07. The van der Waals surface area contributed by atoms with Crippen LogP contribution in [0.15, 0.2) is 59.3 Å². The third-order valence-corrected chi connectivity index (χ3v) is 3.43. The van der Waals surface area contributed by atoms with Crippen molar-refractivity contribution in [2.75, 3.05) is 5.32 Å². The van der Waals surface area contributed by atoms with Gasteiger partial charge in [0.15, 0.2) is 23.6 Å². The zero-order valence-corrected chi connectivity index (χ0v) is 12.7. The fourth-order valence-corrected chi connectivity index (χ4v) is 2.25. The molecule has 24 heavy (non-hydrogen) atoms. The summed E-state index contributed by atoms with van der Waals surface area (Å²) in [5, 5.41) is 2.63. The van der Waals surface area contributed by atoms with Gasteiger partial charge in [-0.15, -0.1) is 0 Å². The Balaban J connectivity index is 1.90. The number of carbonyl (C=O) groups is 2. The van der Waals surface area contributed by atoms with Crippen LogP contribution < -0.4 is 5.32 Å². The summed E-state index contributed by atoms with van der Waals surface area (Å²) in [7, 11) is 0. The van der Waals surface area contributed by atoms with Gasteiger partial charge in [0.05, 0.1) is 5.56 Å². The van der Waals surface area contributed by atoms with E-state index >= 15 is 0 Å². The van der Waals surface area contributed by atoms with Crippen molar-refractivity contribution < 1.29 is 18.4 Å². The lowest BCUT2D eigenvalue weighted by Crippen LogP contribution is -2.14. The number of aromatic nitrogens is 1. The number of nitrogens with one attached hydrogen (secondary N) is 1. The van der Waals surface area contributed by atoms with Crippen molar-refractivity contribution in [1.82, 2.24) is 4.98 Å². The normalized spacial score (nSPS) is 10.4. The van der Waals surface area contributed by atoms with E-state index in [-0.39, 0.29) is 22.8 Å². The number of rotatable bonds is 4. The van der Waals surface area contributed by atoms with Crippen molar-refractivity contribution in [1.29, 1.82) is 0 Å². The molecule has 1 aromatic heterocycles. The summed E-state index contributed by atoms with van der Waals surface area (Å²) in [6, 6.07) is 12.5. The fraction of sp³-hybridized carbons (Fsp3) is 0.0556. The van der Waals surface area contributed by atoms with E-state index < -0.39 is 11.7 Å². The first-order valence-corrected chi connectivity index (χ1v) is 7.17. The molecule has 0 bridgehead atoms. The molecule has 0 radical (unpaired) electrons. The Morgan fingerprint density at radius 1 is 1.12 bits per heavy atom. The molecule has 0 fully saturated rings. The number of carbonyl (C=O) groups excluding carboxylic acids is 2. The van der Waals surface area contributed by atoms with Gasteiger partial charge < -0.3 is 9.73 Å². The molecule has 0 aliphatic rings. The maximum Gasteiger partial charge on any atom is 0.278 e. The number of hydrogen-bond acceptors (Lipinski definition) is 4. The smallest absolute Gasteiger partial charge is 0.278 e. The predicted molar refractivity (Wildman–Crippen MR) is 86.3 cm³/mol. The number of halogens is 1. The Bertz CT molecular complexity index is 918. The quantitative estimate of drug-likeness (QED) is 0.738. The number of amides is 1. The Morgan fingerprint density at radius 2 is 1.92 bits per heavy atom. The zero-order valence-electron chi connectivity index (χ0n) is 12.7. The van der Waals surface area contributed by atoms with Crippen LogP contribution in [-0.2, 0) is 0 Å². The van der Waals surface area contributed by atoms with Gasteiger partial charge >= 0.3 is 0 Å². The maximum atomic E-state index is 13.9. The van der Waals surface area contributed by atoms with E-state index in [1.54, 1.807) is 36.4 Å². The minimum atomic E-state index is -0.553. The molecule has 0 saturated heterocycles. The SMILES string of the molecule is CC(=O)c1cccc(NC(=O)c2ncoc2-c2ccccc2F)c1. The number of ketones is 1. The first-order chi connectivity index (χ1) is 11.6. The van der Waals surface area contributed by atoms with Gasteiger partial charge in [0.2, 0.25) is 0 Å². The monoisotopic (exact) mass is 324 g/mol. The lowest BCUT2D eigenvalue weighted by molar-refractivity contribution is 0.100. The van der Waals surface area contributed by atoms with Crippen LogP contribution in [0, 0.1) is 5.82 Å². The molecule has 0 aliphatic carbocycles. The van der Waals surface area contributed by atoms with Gasteiger partial charge in [-0.1, -0.05) is 24.3 Å². The first-order valence-electron chi connectivity index (χ1n) is 7.17. The third kappa shape index (κ3) is 3.08. The summed E-state index contributed by atoms with van der Waals surface area (Å²) in [4.78, 5) is 27.7. The fourth-order valence-electron chi connectivity index (χ4n) is 2.25. The predicted octanol–water partition coefficient (Wildman–Crippen LogP) is 3.94. The van der Waals surface area contributed by atoms with Gasteiger partial charge in [-0.2, -0.15) is 0 Å². The van der Waals surface area contributed by atoms with Crippen molar-refractivity contribution >= 4 is 17.4 Å². The number of nitrogens with zero attached hydrogens (tertiary/aromatic N) is 1. The molecule has 1 heterocycles. The lowest BCUT2D eigenvalue weighted by atomic mass is 10.1. The zero-order chi connectivity index (χ0) is 17.1. The summed E-state index contributed by atoms with van der Waals surface area (Å²) in [6.07, 6.45) is 1.09. The van der Waals surface area contributed by atoms with Crippen LogP contribution in [0.3, 0.4) is 0 Å². The summed E-state index contributed by atoms with van der Waals surface area (Å²) in [5.41, 5.74) is 1.03. The second-order valence-electron chi connectivity index (χ2n) is 5.10. The highest BCUT2D eigenvalue weighted by Crippen LogP contribution is 2.26. The standard InChI is InChI=1S/C18H13FN2O3/c1-11(22)12-5-4-6-13(9-12)21-18(23)16-17(24-10-20-16)14-7-2-3-8-15(14)19/h2-10H,1H3,(H,21,23). The molecular formula is C18H13FN2O3. The summed E-state index contributed by atoms with van der Waals surface area (Å²) >= 11 is 0. The average Bonchev–Trinajstić information content (AvgIpc) is 3.05. The largest absolute Gasteiger partial charge is 0.443 e. The molecule has 0 unspecified atom stereocenters. The van der Waals surface area contributed by atoms with Gasteiger partial charge in [0.25, 0.3) is 5.91 Å². The molecule has 5 nitrogen and oxygen atoms in total. The molecule has 3 rings (SSSR count). The van der Waals surface area contributed by atoms with Crippen LogP contribution in [0.5, 0.6) is 0 Å². The number of Topliss-reactive ketones (excluding diaryl/α,β-unsaturated/α-hetero) is 1. The second-order valence-corrected chi connectivity index (χ2v) is 5.10. The highest BCUT2D eigenvalue weighted by atomic mass is 19.1. The van der Waals surface area contributed by atoms with Gasteiger partial charge in [-0.25, -0.2) is 9.37 Å². The van der Waals surface area contributed by atoms with Crippen molar-refractivity contribution in [3.63, 3.8) is 0 Å². The van der Waals surface area contributed by atoms with E-state index in [1.807, 2.05) is 0 Å². The molecule has 1 amide bonds. The Hall–Kier alpha value is -3.28. The Morgan fingerprint density at radius 3 is 2.67 bits per heavy atom. The van der Waals surface area contributed by atoms with Crippen molar-refractivity contribution in [2.24, 2.45) is 0 Å². The molecule has 2 aromatic carbocycles. The highest BCUT2D eigenvalue weighted by Gasteiger charge is 2.20. The Kier molecular flexibility index (Phi) is 4.20. The minimum Gasteiger partial charge on any atom is -0.443 e. The number of anilines is 1. The van der Waals surface area contributed by atoms with Crippen LogP contribution >= 0.6 is 0 Å². The molecule has 0 aliphatic heterocycles. The minimum absolute atomic E-state index is 0.0340. The van der Waals surface area contributed by atoms with Crippen LogP contribution in [0.25, 0.3) is 11.3 Å². The molecule has 120 valence electrons. The topological polar surface area (TPSA) is 72.2 Å². The van der Waals surface area contributed by atoms with E-state index in [2.05, 4.69) is 10.3 Å². The third-order valence-electron chi connectivity index (χ3n) is 3.43. The van der Waals surface area contributed by atoms with Gasteiger partial charge in [0.1, 0.15) is 5.82 Å². The molecule has 0 spiro atoms. The van der Waals surface area contributed by atoms with Crippen molar-refractivity contribution in [3.05, 3.63) is 72.0 Å². The molecule has 1 N–H and O–H groups in total. The summed E-state index contributed by atoms with van der Waals surface area (Å²) in [6.45, 7) is 1.44. The van der Waals surface area contributed by atoms with Crippen LogP contribution in [-0.4, -0.2) is 16.7 Å². The number of oxazole rings is 1. The average molecular weight is 324 g/mol. The van der Waals surface area contributed by atoms with E-state index in [0.717, 1.165) is 6.39 Å². The van der Waals surface area contributed by atoms with Gasteiger partial charge in [-0.05, 0) is 31.2 Å². The van der Waals surface area contributed by atoms with E-state index in [0.29, 0.717) is 11.3 Å². The molecular weight excluding hydrogens is 311 g/mol. The lowest BCUT2D eigenvalue weighted by Gasteiger charge is -2.06. The van der Waals surface area contributed by atoms with Crippen LogP contribution in [0.4, 0.5) is 10.1 Å². The van der Waals surface area contributed by atoms with Gasteiger partial charge in [-0.3, -0.25) is 9.59 Å². The number of hydrogen-bond donors (Lipinski definition) is 1. The number of benzene rings is 2. The van der Waals surface area contributed by atoms with Gasteiger partial charge in [0, 0.05) is 11.3 Å². The molecule has 3 aromatic rings. The molecule has 6 heteroatoms. The van der Waals surface area contributed by atoms with Crippen molar-refractivity contribution in [3.8, 4) is 11.3 Å².